The zero-order chi connectivity index (χ0) is 89.3. The minimum Gasteiger partial charge on any atom is -0.463 e. The largest absolute Gasteiger partial charge is 0.472 e. The fourth-order valence-corrected chi connectivity index (χ4v) is 15.1. The van der Waals surface area contributed by atoms with Crippen LogP contribution < -0.4 is 0 Å². The van der Waals surface area contributed by atoms with E-state index in [9.17, 15) is 43.5 Å². The lowest BCUT2D eigenvalue weighted by atomic mass is 10.0. The Bertz CT molecular complexity index is 2920. The summed E-state index contributed by atoms with van der Waals surface area (Å²) in [5.41, 5.74) is 0. The summed E-state index contributed by atoms with van der Waals surface area (Å²) in [4.78, 5) is 59.1. The minimum atomic E-state index is -4.95. The predicted molar refractivity (Wildman–Crippen MR) is 519 cm³/mol. The molecule has 0 aliphatic carbocycles. The van der Waals surface area contributed by atoms with Crippen LogP contribution in [0.2, 0.25) is 0 Å². The molecule has 18 heteroatoms. The van der Waals surface area contributed by atoms with Crippen molar-refractivity contribution in [2.24, 2.45) is 0 Å². The van der Waals surface area contributed by atoms with Gasteiger partial charge in [0.2, 0.25) is 0 Å². The molecule has 0 aromatic rings. The fraction of sp³-hybridized carbons (Fsp3) is 0.705. The molecule has 0 aliphatic heterocycles. The van der Waals surface area contributed by atoms with Crippen LogP contribution in [0.25, 0.3) is 0 Å². The number of carbonyl (C=O) groups excluding carboxylic acids is 3. The number of ether oxygens (including phenoxy) is 3. The quantitative estimate of drug-likeness (QED) is 0.0146. The topological polar surface area (TPSA) is 231 Å². The summed E-state index contributed by atoms with van der Waals surface area (Å²) in [5, 5.41) is 20.8. The van der Waals surface area contributed by atoms with Crippen LogP contribution in [0.4, 0.5) is 0 Å². The molecule has 0 aromatic carbocycles. The molecule has 706 valence electrons. The van der Waals surface area contributed by atoms with Gasteiger partial charge >= 0.3 is 33.6 Å². The van der Waals surface area contributed by atoms with Gasteiger partial charge in [-0.15, -0.1) is 0 Å². The van der Waals surface area contributed by atoms with Crippen LogP contribution in [0.15, 0.2) is 170 Å². The number of esters is 3. The van der Waals surface area contributed by atoms with Crippen molar-refractivity contribution in [3.63, 3.8) is 0 Å². The first-order valence-electron chi connectivity index (χ1n) is 49.4. The summed E-state index contributed by atoms with van der Waals surface area (Å²) in [7, 11) is -9.82. The Morgan fingerprint density at radius 1 is 0.236 bits per heavy atom. The Morgan fingerprint density at radius 2 is 0.431 bits per heavy atom. The zero-order valence-corrected chi connectivity index (χ0v) is 79.9. The normalized spacial score (nSPS) is 14.4. The van der Waals surface area contributed by atoms with Gasteiger partial charge in [0.05, 0.1) is 26.4 Å². The first-order chi connectivity index (χ1) is 60.2. The summed E-state index contributed by atoms with van der Waals surface area (Å²) in [6, 6.07) is 0. The predicted octanol–water partition coefficient (Wildman–Crippen LogP) is 31.0. The van der Waals surface area contributed by atoms with Gasteiger partial charge in [0.1, 0.15) is 25.4 Å². The maximum Gasteiger partial charge on any atom is 0.472 e. The number of hydrogen-bond acceptors (Lipinski definition) is 14. The third-order valence-electron chi connectivity index (χ3n) is 20.9. The number of unbranched alkanes of at least 4 members (excludes halogenated alkanes) is 42. The van der Waals surface area contributed by atoms with Crippen molar-refractivity contribution >= 4 is 33.6 Å². The molecule has 123 heavy (non-hydrogen) atoms. The highest BCUT2D eigenvalue weighted by Crippen LogP contribution is 2.45. The van der Waals surface area contributed by atoms with E-state index in [0.29, 0.717) is 19.3 Å². The molecule has 4 N–H and O–H groups in total. The highest BCUT2D eigenvalue weighted by molar-refractivity contribution is 7.47. The molecular formula is C105H180O16P2. The van der Waals surface area contributed by atoms with Crippen LogP contribution in [0.3, 0.4) is 0 Å². The first kappa shape index (κ1) is 118. The van der Waals surface area contributed by atoms with Crippen LogP contribution in [0, 0.1) is 0 Å². The molecular weight excluding hydrogens is 1580 g/mol. The minimum absolute atomic E-state index is 0.0811. The number of allylic oxidation sites excluding steroid dienone is 28. The van der Waals surface area contributed by atoms with Gasteiger partial charge in [-0.25, -0.2) is 9.13 Å². The van der Waals surface area contributed by atoms with Crippen molar-refractivity contribution in [3.8, 4) is 0 Å². The Hall–Kier alpha value is -5.09. The molecule has 5 unspecified atom stereocenters. The molecule has 0 heterocycles. The molecule has 0 bridgehead atoms. The second-order valence-corrected chi connectivity index (χ2v) is 35.7. The summed E-state index contributed by atoms with van der Waals surface area (Å²) < 4.78 is 61.6. The van der Waals surface area contributed by atoms with E-state index in [-0.39, 0.29) is 19.3 Å². The lowest BCUT2D eigenvalue weighted by Crippen LogP contribution is -2.30. The molecule has 5 atom stereocenters. The number of aliphatic hydroxyl groups is 2. The van der Waals surface area contributed by atoms with E-state index in [1.807, 2.05) is 0 Å². The fourth-order valence-electron chi connectivity index (χ4n) is 13.5. The average molecular weight is 1760 g/mol. The standard InChI is InChI=1S/C105H180O16P2/c1-4-7-10-13-16-19-22-25-28-31-34-37-39-41-43-45-47-48-49-50-52-54-55-57-59-62-64-67-70-73-76-79-82-85-88-91-103(108)115-94-100(106)95-117-122(111,112)118-96-101(107)97-119-123(113,114)120-99-102(121-105(110)93-90-87-84-81-78-75-72-69-66-61-36-33-30-27-24-21-18-15-12-9-6-3)98-116-104(109)92-89-86-83-80-77-74-71-68-65-63-60-58-56-53-51-46-44-42-40-38-35-32-29-26-23-20-17-14-11-8-5-2/h7-8,10-11,16-21,25-30,34-38,41-44,61,69,72,100-102,106-107H,4-6,9,12-15,22-24,31-33,39-40,45-60,62-68,70-71,73-99H2,1-3H3,(H,111,112)(H,113,114)/b10-7-,11-8-,19-16-,20-17-,21-18-,28-25-,29-26-,30-27-,37-34-,38-35-,43-41-,44-42-,61-36-,72-69-. The van der Waals surface area contributed by atoms with E-state index in [0.717, 1.165) is 161 Å². The van der Waals surface area contributed by atoms with E-state index in [1.54, 1.807) is 0 Å². The number of hydrogen-bond donors (Lipinski definition) is 4. The summed E-state index contributed by atoms with van der Waals surface area (Å²) in [6.45, 7) is 2.47. The van der Waals surface area contributed by atoms with Gasteiger partial charge in [0, 0.05) is 19.3 Å². The van der Waals surface area contributed by atoms with Crippen molar-refractivity contribution in [2.75, 3.05) is 39.6 Å². The van der Waals surface area contributed by atoms with E-state index in [2.05, 4.69) is 191 Å². The molecule has 0 fully saturated rings. The Labute approximate surface area is 752 Å². The van der Waals surface area contributed by atoms with Crippen LogP contribution >= 0.6 is 15.6 Å². The van der Waals surface area contributed by atoms with Gasteiger partial charge in [-0.2, -0.15) is 0 Å². The number of phosphoric acid groups is 2. The second-order valence-electron chi connectivity index (χ2n) is 32.8. The highest BCUT2D eigenvalue weighted by Gasteiger charge is 2.30. The van der Waals surface area contributed by atoms with Crippen LogP contribution in [-0.2, 0) is 55.8 Å². The van der Waals surface area contributed by atoms with E-state index in [4.69, 9.17) is 32.3 Å². The first-order valence-corrected chi connectivity index (χ1v) is 52.4. The third-order valence-corrected chi connectivity index (χ3v) is 22.8. The van der Waals surface area contributed by atoms with Gasteiger partial charge in [-0.1, -0.05) is 416 Å². The molecule has 0 saturated heterocycles. The third kappa shape index (κ3) is 97.4. The number of aliphatic hydroxyl groups excluding tert-OH is 2. The SMILES string of the molecule is CC/C=C\C/C=C\C/C=C\C/C=C\C/C=C\CCCCCCCCCCCCCCCCCCCCCC(=O)OCC(O)COP(=O)(O)OCC(O)COP(=O)(O)OCC(COC(=O)CCCCCCCCCCCCCCCCC/C=C\C/C=C\C/C=C\C/C=C\C/C=C\CC)OC(=O)CCCCCCC/C=C\C/C=C\C/C=C\C/C=C\CCCCC. The molecule has 0 aromatic heterocycles. The van der Waals surface area contributed by atoms with E-state index in [1.165, 1.54) is 199 Å². The maximum atomic E-state index is 13.1. The number of rotatable bonds is 93. The molecule has 16 nitrogen and oxygen atoms in total. The average Bonchev–Trinajstić information content (AvgIpc) is 0.898. The molecule has 0 spiro atoms. The highest BCUT2D eigenvalue weighted by atomic mass is 31.2. The van der Waals surface area contributed by atoms with Gasteiger partial charge in [-0.05, 0) is 154 Å². The number of phosphoric ester groups is 2. The molecule has 0 aliphatic rings. The second kappa shape index (κ2) is 96.0. The van der Waals surface area contributed by atoms with E-state index < -0.39 is 91.5 Å². The zero-order valence-electron chi connectivity index (χ0n) is 78.1. The van der Waals surface area contributed by atoms with Crippen LogP contribution in [-0.4, -0.2) is 95.9 Å². The van der Waals surface area contributed by atoms with Crippen molar-refractivity contribution in [1.82, 2.24) is 0 Å². The van der Waals surface area contributed by atoms with Crippen LogP contribution in [0.1, 0.15) is 419 Å². The smallest absolute Gasteiger partial charge is 0.463 e. The Kier molecular flexibility index (Phi) is 92.0. The van der Waals surface area contributed by atoms with Crippen molar-refractivity contribution in [2.45, 2.75) is 437 Å². The maximum absolute atomic E-state index is 13.1. The number of carbonyl (C=O) groups is 3. The van der Waals surface area contributed by atoms with Gasteiger partial charge in [0.25, 0.3) is 0 Å². The lowest BCUT2D eigenvalue weighted by Gasteiger charge is -2.21. The molecule has 0 amide bonds. The van der Waals surface area contributed by atoms with Crippen molar-refractivity contribution in [3.05, 3.63) is 170 Å². The summed E-state index contributed by atoms with van der Waals surface area (Å²) in [5.74, 6) is -1.58. The van der Waals surface area contributed by atoms with Crippen molar-refractivity contribution in [1.29, 1.82) is 0 Å². The molecule has 0 radical (unpaired) electrons. The van der Waals surface area contributed by atoms with Crippen molar-refractivity contribution < 1.29 is 75.8 Å². The molecule has 0 saturated carbocycles. The lowest BCUT2D eigenvalue weighted by molar-refractivity contribution is -0.161. The van der Waals surface area contributed by atoms with Crippen LogP contribution in [0.5, 0.6) is 0 Å². The van der Waals surface area contributed by atoms with Gasteiger partial charge in [0.15, 0.2) is 6.10 Å². The summed E-state index contributed by atoms with van der Waals surface area (Å²) in [6.07, 6.45) is 126. The summed E-state index contributed by atoms with van der Waals surface area (Å²) >= 11 is 0. The monoisotopic (exact) mass is 1760 g/mol. The Balaban J connectivity index is 4.53. The van der Waals surface area contributed by atoms with Gasteiger partial charge < -0.3 is 34.2 Å². The Morgan fingerprint density at radius 3 is 0.683 bits per heavy atom. The molecule has 0 rings (SSSR count). The van der Waals surface area contributed by atoms with E-state index >= 15 is 0 Å². The van der Waals surface area contributed by atoms with Gasteiger partial charge in [-0.3, -0.25) is 32.5 Å².